The van der Waals surface area contributed by atoms with E-state index in [-0.39, 0.29) is 0 Å². The van der Waals surface area contributed by atoms with Gasteiger partial charge in [-0.3, -0.25) is 14.4 Å². The number of rotatable bonds is 23. The zero-order valence-electron chi connectivity index (χ0n) is 52.1. The van der Waals surface area contributed by atoms with Gasteiger partial charge in [-0.1, -0.05) is 0 Å². The van der Waals surface area contributed by atoms with Crippen molar-refractivity contribution in [1.29, 1.82) is 0 Å². The summed E-state index contributed by atoms with van der Waals surface area (Å²) in [5.74, 6) is -2.60. The number of hydrogen-bond donors (Lipinski definition) is 24. The highest BCUT2D eigenvalue weighted by molar-refractivity contribution is 5.74. The number of carbonyl (C=O) groups is 3. The van der Waals surface area contributed by atoms with Gasteiger partial charge in [0.1, 0.15) is 183 Å². The molecule has 0 spiro atoms. The van der Waals surface area contributed by atoms with Crippen molar-refractivity contribution in [3.63, 3.8) is 0 Å². The largest absolute Gasteiger partial charge is 0.394 e. The van der Waals surface area contributed by atoms with Gasteiger partial charge in [0.25, 0.3) is 0 Å². The normalized spacial score (nSPS) is 50.3. The van der Waals surface area contributed by atoms with E-state index in [9.17, 15) is 122 Å². The van der Waals surface area contributed by atoms with Crippen LogP contribution in [0.5, 0.6) is 0 Å². The maximum absolute atomic E-state index is 13.0. The molecule has 0 aromatic carbocycles. The third-order valence-corrected chi connectivity index (χ3v) is 17.7. The molecular weight excluding hydrogens is 1310 g/mol. The minimum Gasteiger partial charge on any atom is -0.394 e. The van der Waals surface area contributed by atoms with Crippen molar-refractivity contribution >= 4 is 17.7 Å². The quantitative estimate of drug-likeness (QED) is 0.0452. The summed E-state index contributed by atoms with van der Waals surface area (Å²) < 4.78 is 88.1. The summed E-state index contributed by atoms with van der Waals surface area (Å²) in [6.07, 6.45) is -71.8. The van der Waals surface area contributed by atoms with E-state index in [0.29, 0.717) is 0 Å². The first-order valence-electron chi connectivity index (χ1n) is 30.8. The number of nitrogens with one attached hydrogen (secondary N) is 3. The van der Waals surface area contributed by atoms with Crippen molar-refractivity contribution < 1.29 is 193 Å². The van der Waals surface area contributed by atoms with Crippen LogP contribution in [0.25, 0.3) is 0 Å². The van der Waals surface area contributed by atoms with Crippen molar-refractivity contribution in [3.8, 4) is 0 Å². The summed E-state index contributed by atoms with van der Waals surface area (Å²) in [5, 5.41) is 238. The molecule has 0 aliphatic carbocycles. The maximum Gasteiger partial charge on any atom is 0.217 e. The molecule has 0 radical (unpaired) electrons. The highest BCUT2D eigenvalue weighted by atomic mass is 16.8. The highest BCUT2D eigenvalue weighted by Crippen LogP contribution is 2.39. The first-order chi connectivity index (χ1) is 45.3. The van der Waals surface area contributed by atoms with E-state index in [1.54, 1.807) is 0 Å². The molecule has 8 fully saturated rings. The average Bonchev–Trinajstić information content (AvgIpc) is 0.771. The zero-order valence-corrected chi connectivity index (χ0v) is 52.1. The van der Waals surface area contributed by atoms with Gasteiger partial charge in [0.15, 0.2) is 50.3 Å². The van der Waals surface area contributed by atoms with Gasteiger partial charge in [0.05, 0.1) is 51.8 Å². The van der Waals surface area contributed by atoms with E-state index in [1.165, 1.54) is 13.8 Å². The van der Waals surface area contributed by atoms with Gasteiger partial charge in [-0.25, -0.2) is 0 Å². The van der Waals surface area contributed by atoms with Gasteiger partial charge >= 0.3 is 0 Å². The molecule has 42 nitrogen and oxygen atoms in total. The molecule has 8 rings (SSSR count). The van der Waals surface area contributed by atoms with Crippen LogP contribution in [0.2, 0.25) is 0 Å². The minimum absolute atomic E-state index is 0.791. The van der Waals surface area contributed by atoms with Crippen LogP contribution in [-0.4, -0.2) is 410 Å². The molecule has 40 atom stereocenters. The number of carbonyl (C=O) groups excluding carboxylic acids is 3. The van der Waals surface area contributed by atoms with Gasteiger partial charge in [-0.15, -0.1) is 0 Å². The lowest BCUT2D eigenvalue weighted by Gasteiger charge is -2.51. The van der Waals surface area contributed by atoms with Gasteiger partial charge in [-0.2, -0.15) is 0 Å². The van der Waals surface area contributed by atoms with E-state index in [2.05, 4.69) is 16.0 Å². The Bertz CT molecular complexity index is 2470. The highest BCUT2D eigenvalue weighted by Gasteiger charge is 2.60. The Morgan fingerprint density at radius 1 is 0.292 bits per heavy atom. The molecule has 8 aliphatic heterocycles. The second-order valence-corrected chi connectivity index (χ2v) is 24.6. The Labute approximate surface area is 545 Å². The standard InChI is InChI=1S/C54H91N3O39/c1-12-26(65)34(73)38(77)50(84-12)83-11-22-43(32(71)23(47(81)86-22)55-14(3)62)92-48-24(56-15(4)63)33(72)42(20(9-61)90-48)93-53-41(80)45(31(70)21(91-53)10-82-51-39(78)36(75)28(67)17(6-58)88-51)95-54-46(37(76)29(68)18(7-59)89-54)96-49-25(57-16(5)64)44(30(69)19(8-60)87-49)94-52-40(79)35(74)27(66)13(2)85-52/h12-13,17-54,58-61,65-81H,6-11H2,1-5H3,(H,55,62)(H,56,63)(H,57,64)/t12-,13-,17+,18+,19+,20+,21+,22+,23+,24+,25+,26+,27+,28+,29+,30+,31+,32+,33+,34+,35+,36-,37-,38-,39-,40-,41-,42+,43+,44+,45-,46-,47+,48-,49-,50+,51-,52-,53-,54+/m0/s1. The fourth-order valence-corrected chi connectivity index (χ4v) is 12.4. The number of hydrogen-bond acceptors (Lipinski definition) is 39. The molecule has 8 aliphatic rings. The van der Waals surface area contributed by atoms with Crippen LogP contribution in [0.1, 0.15) is 34.6 Å². The second-order valence-electron chi connectivity index (χ2n) is 24.6. The smallest absolute Gasteiger partial charge is 0.217 e. The third-order valence-electron chi connectivity index (χ3n) is 17.7. The van der Waals surface area contributed by atoms with Gasteiger partial charge in [0.2, 0.25) is 17.7 Å². The summed E-state index contributed by atoms with van der Waals surface area (Å²) in [6, 6.07) is -5.41. The minimum atomic E-state index is -2.46. The summed E-state index contributed by atoms with van der Waals surface area (Å²) in [4.78, 5) is 38.2. The molecule has 3 amide bonds. The van der Waals surface area contributed by atoms with Crippen molar-refractivity contribution in [2.75, 3.05) is 39.6 Å². The summed E-state index contributed by atoms with van der Waals surface area (Å²) >= 11 is 0. The Kier molecular flexibility index (Phi) is 27.7. The van der Waals surface area contributed by atoms with E-state index in [1.807, 2.05) is 0 Å². The van der Waals surface area contributed by atoms with Crippen LogP contribution < -0.4 is 16.0 Å². The summed E-state index contributed by atoms with van der Waals surface area (Å²) in [6.45, 7) is -0.446. The fraction of sp³-hybridized carbons (Fsp3) is 0.944. The third kappa shape index (κ3) is 17.2. The molecule has 0 aromatic heterocycles. The summed E-state index contributed by atoms with van der Waals surface area (Å²) in [5.41, 5.74) is 0. The molecule has 0 aromatic rings. The SMILES string of the molecule is CC(=O)N[C@@H]1[C@@H](O)[C@H](O[C@@H]2O[C@H](CO)[C@@H](O[C@@H]3O[C@H](CO[C@H]4O[C@H](CO)[C@@H](O)[C@H](O)[C@@H]4O)[C@@H](O)[C@H](O[C@H]4O[C@H](CO)[C@@H](O)[C@H](O)[C@@H]4O[C@@H]4O[C@H](CO)[C@@H](O)[C@H](O[C@@H]5O[C@@H](C)[C@@H](O)[C@@H](O)[C@@H]5O)[C@H]4NC(C)=O)[C@@H]3O)[C@H](O)[C@H]2NC(C)=O)[C@@H](CO[C@@H]2O[C@@H](C)[C@@H](O)[C@@H](O)[C@@H]2O)O[C@H]1O. The number of ether oxygens (including phenoxy) is 15. The van der Waals surface area contributed by atoms with Crippen LogP contribution >= 0.6 is 0 Å². The molecule has 24 N–H and O–H groups in total. The van der Waals surface area contributed by atoms with Crippen LogP contribution in [-0.2, 0) is 85.4 Å². The van der Waals surface area contributed by atoms with Gasteiger partial charge in [0, 0.05) is 20.8 Å². The van der Waals surface area contributed by atoms with Crippen molar-refractivity contribution in [3.05, 3.63) is 0 Å². The lowest BCUT2D eigenvalue weighted by Crippen LogP contribution is -2.71. The van der Waals surface area contributed by atoms with Crippen LogP contribution in [0.4, 0.5) is 0 Å². The van der Waals surface area contributed by atoms with E-state index >= 15 is 0 Å². The van der Waals surface area contributed by atoms with E-state index in [0.717, 1.165) is 20.8 Å². The molecule has 0 bridgehead atoms. The Morgan fingerprint density at radius 3 is 1.21 bits per heavy atom. The van der Waals surface area contributed by atoms with E-state index < -0.39 is 303 Å². The van der Waals surface area contributed by atoms with Crippen molar-refractivity contribution in [2.24, 2.45) is 0 Å². The van der Waals surface area contributed by atoms with Crippen LogP contribution in [0, 0.1) is 0 Å². The fourth-order valence-electron chi connectivity index (χ4n) is 12.4. The molecule has 8 saturated heterocycles. The molecule has 556 valence electrons. The number of amides is 3. The predicted molar refractivity (Wildman–Crippen MR) is 296 cm³/mol. The molecule has 0 unspecified atom stereocenters. The first-order valence-corrected chi connectivity index (χ1v) is 30.8. The average molecular weight is 1410 g/mol. The molecular formula is C54H91N3O39. The predicted octanol–water partition coefficient (Wildman–Crippen LogP) is -16.0. The lowest BCUT2D eigenvalue weighted by atomic mass is 9.93. The van der Waals surface area contributed by atoms with Gasteiger partial charge < -0.3 is 194 Å². The Hall–Kier alpha value is -3.03. The van der Waals surface area contributed by atoms with Crippen LogP contribution in [0.15, 0.2) is 0 Å². The maximum atomic E-state index is 13.0. The molecule has 42 heteroatoms. The number of aliphatic hydroxyl groups is 21. The number of aliphatic hydroxyl groups excluding tert-OH is 21. The monoisotopic (exact) mass is 1410 g/mol. The van der Waals surface area contributed by atoms with Crippen molar-refractivity contribution in [1.82, 2.24) is 16.0 Å². The van der Waals surface area contributed by atoms with Crippen LogP contribution in [0.3, 0.4) is 0 Å². The Morgan fingerprint density at radius 2 is 0.646 bits per heavy atom. The second kappa shape index (κ2) is 33.8. The first kappa shape index (κ1) is 78.7. The lowest BCUT2D eigenvalue weighted by molar-refractivity contribution is -0.397. The topological polar surface area (TPSA) is 651 Å². The summed E-state index contributed by atoms with van der Waals surface area (Å²) in [7, 11) is 0. The molecule has 0 saturated carbocycles. The Balaban J connectivity index is 1.10. The molecule has 96 heavy (non-hydrogen) atoms. The van der Waals surface area contributed by atoms with E-state index in [4.69, 9.17) is 71.1 Å². The van der Waals surface area contributed by atoms with Crippen molar-refractivity contribution in [2.45, 2.75) is 280 Å². The van der Waals surface area contributed by atoms with Gasteiger partial charge in [-0.05, 0) is 13.8 Å². The molecule has 8 heterocycles. The zero-order chi connectivity index (χ0) is 70.8.